The number of hydrogen-bond acceptors (Lipinski definition) is 4. The van der Waals surface area contributed by atoms with Crippen molar-refractivity contribution in [3.63, 3.8) is 0 Å². The molecule has 0 bridgehead atoms. The van der Waals surface area contributed by atoms with Crippen LogP contribution in [0.4, 0.5) is 13.2 Å². The summed E-state index contributed by atoms with van der Waals surface area (Å²) in [5.74, 6) is -3.68. The maximum absolute atomic E-state index is 13.0. The third-order valence-corrected chi connectivity index (χ3v) is 4.35. The Bertz CT molecular complexity index is 702. The van der Waals surface area contributed by atoms with E-state index in [1.54, 1.807) is 18.2 Å². The van der Waals surface area contributed by atoms with E-state index in [4.69, 9.17) is 0 Å². The fourth-order valence-electron chi connectivity index (χ4n) is 2.43. The summed E-state index contributed by atoms with van der Waals surface area (Å²) >= 11 is 1.46. The van der Waals surface area contributed by atoms with Crippen LogP contribution in [-0.2, 0) is 4.79 Å². The number of alkyl halides is 3. The number of thioether (sulfide) groups is 1. The molecule has 2 unspecified atom stereocenters. The first-order chi connectivity index (χ1) is 11.4. The summed E-state index contributed by atoms with van der Waals surface area (Å²) in [5.41, 5.74) is 0.382. The van der Waals surface area contributed by atoms with Crippen LogP contribution in [0.3, 0.4) is 0 Å². The van der Waals surface area contributed by atoms with Gasteiger partial charge in [-0.25, -0.2) is 0 Å². The van der Waals surface area contributed by atoms with Crippen molar-refractivity contribution in [1.82, 2.24) is 0 Å². The lowest BCUT2D eigenvalue weighted by Crippen LogP contribution is -2.32. The van der Waals surface area contributed by atoms with Gasteiger partial charge in [0.1, 0.15) is 6.04 Å². The number of carbonyl (C=O) groups excluding carboxylic acids is 1. The van der Waals surface area contributed by atoms with Crippen LogP contribution in [0.2, 0.25) is 0 Å². The normalized spacial score (nSPS) is 14.0. The largest absolute Gasteiger partial charge is 0.450 e. The van der Waals surface area contributed by atoms with Gasteiger partial charge >= 0.3 is 6.18 Å². The van der Waals surface area contributed by atoms with E-state index in [1.165, 1.54) is 48.2 Å². The fraction of sp³-hybridized carbons (Fsp3) is 0.235. The van der Waals surface area contributed by atoms with E-state index in [0.29, 0.717) is 0 Å². The van der Waals surface area contributed by atoms with Crippen molar-refractivity contribution in [2.75, 3.05) is 6.26 Å². The summed E-state index contributed by atoms with van der Waals surface area (Å²) in [4.78, 5) is 24.2. The minimum absolute atomic E-state index is 0.110. The summed E-state index contributed by atoms with van der Waals surface area (Å²) < 4.78 is 39.1. The third-order valence-electron chi connectivity index (χ3n) is 3.61. The zero-order chi connectivity index (χ0) is 17.7. The quantitative estimate of drug-likeness (QED) is 0.534. The van der Waals surface area contributed by atoms with E-state index in [9.17, 15) is 22.9 Å². The summed E-state index contributed by atoms with van der Waals surface area (Å²) in [6.07, 6.45) is -3.20. The zero-order valence-electron chi connectivity index (χ0n) is 12.7. The predicted molar refractivity (Wildman–Crippen MR) is 87.0 cm³/mol. The highest BCUT2D eigenvalue weighted by Gasteiger charge is 2.47. The van der Waals surface area contributed by atoms with Gasteiger partial charge in [0.2, 0.25) is 5.78 Å². The summed E-state index contributed by atoms with van der Waals surface area (Å²) in [7, 11) is 0. The lowest BCUT2D eigenvalue weighted by atomic mass is 9.84. The molecular formula is C17H14F3NO2S. The third kappa shape index (κ3) is 4.03. The molecule has 2 aromatic rings. The van der Waals surface area contributed by atoms with Crippen molar-refractivity contribution in [2.45, 2.75) is 23.0 Å². The van der Waals surface area contributed by atoms with Gasteiger partial charge in [-0.3, -0.25) is 4.79 Å². The van der Waals surface area contributed by atoms with E-state index in [0.717, 1.165) is 4.90 Å². The number of nitrogens with zero attached hydrogens (tertiary/aromatic N) is 1. The molecule has 7 heteroatoms. The number of carbonyl (C=O) groups is 1. The van der Waals surface area contributed by atoms with Crippen molar-refractivity contribution in [2.24, 2.45) is 5.18 Å². The standard InChI is InChI=1S/C17H14F3NO2S/c1-24-13-9-7-12(8-10-13)15(21-23)14(16(22)17(18,19)20)11-5-3-2-4-6-11/h2-10,14-15H,1H3. The first-order valence-corrected chi connectivity index (χ1v) is 8.23. The van der Waals surface area contributed by atoms with Crippen molar-refractivity contribution in [3.8, 4) is 0 Å². The van der Waals surface area contributed by atoms with Crippen LogP contribution >= 0.6 is 11.8 Å². The highest BCUT2D eigenvalue weighted by molar-refractivity contribution is 7.98. The molecule has 0 aliphatic heterocycles. The van der Waals surface area contributed by atoms with E-state index in [-0.39, 0.29) is 11.1 Å². The lowest BCUT2D eigenvalue weighted by Gasteiger charge is -2.22. The van der Waals surface area contributed by atoms with Crippen molar-refractivity contribution >= 4 is 17.5 Å². The molecule has 0 fully saturated rings. The van der Waals surface area contributed by atoms with Crippen LogP contribution in [-0.4, -0.2) is 18.2 Å². The number of benzene rings is 2. The Hall–Kier alpha value is -2.15. The molecule has 0 aliphatic rings. The Balaban J connectivity index is 2.50. The molecule has 0 aromatic heterocycles. The van der Waals surface area contributed by atoms with Crippen LogP contribution in [0.5, 0.6) is 0 Å². The minimum atomic E-state index is -5.05. The molecule has 2 atom stereocenters. The molecule has 0 N–H and O–H groups in total. The molecule has 0 aliphatic carbocycles. The molecule has 0 saturated carbocycles. The van der Waals surface area contributed by atoms with Crippen LogP contribution in [0.1, 0.15) is 23.1 Å². The Labute approximate surface area is 141 Å². The zero-order valence-corrected chi connectivity index (χ0v) is 13.5. The SMILES string of the molecule is CSc1ccc(C(N=O)C(C(=O)C(F)(F)F)c2ccccc2)cc1. The fourth-order valence-corrected chi connectivity index (χ4v) is 2.84. The second kappa shape index (κ2) is 7.61. The Morgan fingerprint density at radius 2 is 1.58 bits per heavy atom. The molecule has 0 radical (unpaired) electrons. The van der Waals surface area contributed by atoms with Gasteiger partial charge in [-0.2, -0.15) is 18.1 Å². The van der Waals surface area contributed by atoms with Crippen LogP contribution in [0.25, 0.3) is 0 Å². The molecule has 2 aromatic carbocycles. The van der Waals surface area contributed by atoms with Gasteiger partial charge < -0.3 is 0 Å². The first kappa shape index (κ1) is 18.2. The van der Waals surface area contributed by atoms with Crippen molar-refractivity contribution < 1.29 is 18.0 Å². The molecule has 126 valence electrons. The molecule has 0 amide bonds. The van der Waals surface area contributed by atoms with E-state index >= 15 is 0 Å². The van der Waals surface area contributed by atoms with Crippen LogP contribution in [0.15, 0.2) is 64.7 Å². The number of rotatable bonds is 6. The topological polar surface area (TPSA) is 46.5 Å². The smallest absolute Gasteiger partial charge is 0.289 e. The monoisotopic (exact) mass is 353 g/mol. The minimum Gasteiger partial charge on any atom is -0.289 e. The second-order valence-corrected chi connectivity index (χ2v) is 5.95. The average molecular weight is 353 g/mol. The van der Waals surface area contributed by atoms with Gasteiger partial charge in [0.05, 0.1) is 5.92 Å². The van der Waals surface area contributed by atoms with Crippen LogP contribution in [0, 0.1) is 4.91 Å². The van der Waals surface area contributed by atoms with Gasteiger partial charge in [0.25, 0.3) is 0 Å². The molecule has 0 heterocycles. The van der Waals surface area contributed by atoms with Crippen molar-refractivity contribution in [1.29, 1.82) is 0 Å². The van der Waals surface area contributed by atoms with Gasteiger partial charge in [-0.1, -0.05) is 47.6 Å². The second-order valence-electron chi connectivity index (χ2n) is 5.07. The summed E-state index contributed by atoms with van der Waals surface area (Å²) in [6.45, 7) is 0. The average Bonchev–Trinajstić information content (AvgIpc) is 2.59. The van der Waals surface area contributed by atoms with Gasteiger partial charge in [-0.15, -0.1) is 11.8 Å². The first-order valence-electron chi connectivity index (χ1n) is 7.01. The molecule has 0 saturated heterocycles. The van der Waals surface area contributed by atoms with E-state index in [1.807, 2.05) is 6.26 Å². The van der Waals surface area contributed by atoms with Crippen molar-refractivity contribution in [3.05, 3.63) is 70.6 Å². The van der Waals surface area contributed by atoms with E-state index < -0.39 is 23.9 Å². The predicted octanol–water partition coefficient (Wildman–Crippen LogP) is 5.13. The van der Waals surface area contributed by atoms with E-state index in [2.05, 4.69) is 5.18 Å². The number of ketones is 1. The Morgan fingerprint density at radius 3 is 2.04 bits per heavy atom. The number of halogens is 3. The van der Waals surface area contributed by atoms with Crippen LogP contribution < -0.4 is 0 Å². The summed E-state index contributed by atoms with van der Waals surface area (Å²) in [6, 6.07) is 12.4. The number of Topliss-reactive ketones (excluding diaryl/α,β-unsaturated/α-hetero) is 1. The maximum atomic E-state index is 13.0. The molecular weight excluding hydrogens is 339 g/mol. The lowest BCUT2D eigenvalue weighted by molar-refractivity contribution is -0.173. The summed E-state index contributed by atoms with van der Waals surface area (Å²) in [5, 5.41) is 2.85. The molecule has 3 nitrogen and oxygen atoms in total. The van der Waals surface area contributed by atoms with Gasteiger partial charge in [0.15, 0.2) is 0 Å². The number of nitroso groups, excluding NO2 is 1. The molecule has 2 rings (SSSR count). The van der Waals surface area contributed by atoms with Gasteiger partial charge in [0, 0.05) is 4.90 Å². The molecule has 0 spiro atoms. The number of hydrogen-bond donors (Lipinski definition) is 0. The highest BCUT2D eigenvalue weighted by Crippen LogP contribution is 2.39. The Morgan fingerprint density at radius 1 is 1.00 bits per heavy atom. The highest BCUT2D eigenvalue weighted by atomic mass is 32.2. The maximum Gasteiger partial charge on any atom is 0.450 e. The molecule has 24 heavy (non-hydrogen) atoms. The van der Waals surface area contributed by atoms with Gasteiger partial charge in [-0.05, 0) is 29.5 Å². The Kier molecular flexibility index (Phi) is 5.77.